The molecule has 1 aliphatic heterocycles. The summed E-state index contributed by atoms with van der Waals surface area (Å²) in [6.07, 6.45) is 5.01. The number of hydrogen-bond acceptors (Lipinski definition) is 5. The van der Waals surface area contributed by atoms with Crippen LogP contribution in [0.25, 0.3) is 0 Å². The number of benzene rings is 1. The molecular formula is C22H30O5. The summed E-state index contributed by atoms with van der Waals surface area (Å²) in [5.74, 6) is 0.937. The van der Waals surface area contributed by atoms with Crippen LogP contribution in [-0.4, -0.2) is 30.8 Å². The van der Waals surface area contributed by atoms with E-state index >= 15 is 0 Å². The average Bonchev–Trinajstić information content (AvgIpc) is 3.42. The molecule has 0 bridgehead atoms. The Morgan fingerprint density at radius 3 is 2.59 bits per heavy atom. The fourth-order valence-corrected chi connectivity index (χ4v) is 3.73. The Kier molecular flexibility index (Phi) is 5.78. The largest absolute Gasteiger partial charge is 0.490 e. The molecule has 2 atom stereocenters. The van der Waals surface area contributed by atoms with E-state index in [2.05, 4.69) is 0 Å². The molecule has 1 aromatic carbocycles. The van der Waals surface area contributed by atoms with Gasteiger partial charge in [-0.05, 0) is 76.0 Å². The molecule has 0 spiro atoms. The van der Waals surface area contributed by atoms with Gasteiger partial charge in [-0.15, -0.1) is 0 Å². The van der Waals surface area contributed by atoms with Crippen molar-refractivity contribution in [3.63, 3.8) is 0 Å². The topological polar surface area (TPSA) is 61.8 Å². The van der Waals surface area contributed by atoms with Crippen LogP contribution in [-0.2, 0) is 31.9 Å². The molecule has 148 valence electrons. The van der Waals surface area contributed by atoms with Crippen molar-refractivity contribution in [3.05, 3.63) is 29.3 Å². The van der Waals surface area contributed by atoms with E-state index in [1.807, 2.05) is 39.0 Å². The third-order valence-electron chi connectivity index (χ3n) is 5.13. The monoisotopic (exact) mass is 374 g/mol. The second-order valence-corrected chi connectivity index (χ2v) is 8.69. The highest BCUT2D eigenvalue weighted by molar-refractivity contribution is 5.73. The van der Waals surface area contributed by atoms with E-state index in [1.165, 1.54) is 7.11 Å². The van der Waals surface area contributed by atoms with E-state index in [0.717, 1.165) is 49.0 Å². The molecule has 5 heteroatoms. The van der Waals surface area contributed by atoms with E-state index in [0.29, 0.717) is 5.92 Å². The number of aryl methyl sites for hydroxylation is 1. The van der Waals surface area contributed by atoms with Crippen LogP contribution in [0.1, 0.15) is 57.6 Å². The third-order valence-corrected chi connectivity index (χ3v) is 5.13. The first-order chi connectivity index (χ1) is 12.7. The lowest BCUT2D eigenvalue weighted by atomic mass is 9.91. The minimum absolute atomic E-state index is 0.0407. The second kappa shape index (κ2) is 7.91. The molecule has 1 saturated carbocycles. The number of esters is 2. The number of methoxy groups -OCH3 is 1. The van der Waals surface area contributed by atoms with Gasteiger partial charge in [-0.2, -0.15) is 0 Å². The van der Waals surface area contributed by atoms with Crippen LogP contribution < -0.4 is 4.74 Å². The van der Waals surface area contributed by atoms with Gasteiger partial charge in [-0.3, -0.25) is 9.59 Å². The number of carbonyl (C=O) groups excluding carboxylic acids is 2. The summed E-state index contributed by atoms with van der Waals surface area (Å²) in [5, 5.41) is 0. The van der Waals surface area contributed by atoms with Crippen molar-refractivity contribution in [1.82, 2.24) is 0 Å². The van der Waals surface area contributed by atoms with E-state index < -0.39 is 5.60 Å². The smallest absolute Gasteiger partial charge is 0.310 e. The first-order valence-corrected chi connectivity index (χ1v) is 9.83. The van der Waals surface area contributed by atoms with Crippen LogP contribution in [0.5, 0.6) is 5.75 Å². The summed E-state index contributed by atoms with van der Waals surface area (Å²) in [5.41, 5.74) is 1.59. The highest BCUT2D eigenvalue weighted by Gasteiger charge is 2.39. The summed E-state index contributed by atoms with van der Waals surface area (Å²) in [7, 11) is 1.46. The van der Waals surface area contributed by atoms with Gasteiger partial charge >= 0.3 is 11.9 Å². The second-order valence-electron chi connectivity index (χ2n) is 8.69. The number of carbonyl (C=O) groups is 2. The average molecular weight is 374 g/mol. The number of hydrogen-bond donors (Lipinski definition) is 0. The van der Waals surface area contributed by atoms with Crippen LogP contribution >= 0.6 is 0 Å². The minimum Gasteiger partial charge on any atom is -0.490 e. The van der Waals surface area contributed by atoms with Crippen molar-refractivity contribution in [2.75, 3.05) is 7.11 Å². The molecule has 0 radical (unpaired) electrons. The number of rotatable bonds is 6. The summed E-state index contributed by atoms with van der Waals surface area (Å²) in [6, 6.07) is 5.89. The highest BCUT2D eigenvalue weighted by atomic mass is 16.6. The molecule has 1 aromatic rings. The van der Waals surface area contributed by atoms with Gasteiger partial charge in [0.25, 0.3) is 0 Å². The Balaban J connectivity index is 1.60. The number of fused-ring (bicyclic) bond motifs is 1. The van der Waals surface area contributed by atoms with Gasteiger partial charge in [0.15, 0.2) is 0 Å². The maximum Gasteiger partial charge on any atom is 0.310 e. The first kappa shape index (κ1) is 19.7. The zero-order chi connectivity index (χ0) is 19.6. The molecule has 3 rings (SSSR count). The summed E-state index contributed by atoms with van der Waals surface area (Å²) < 4.78 is 16.5. The zero-order valence-corrected chi connectivity index (χ0v) is 16.7. The first-order valence-electron chi connectivity index (χ1n) is 9.83. The zero-order valence-electron chi connectivity index (χ0n) is 16.7. The molecule has 1 heterocycles. The summed E-state index contributed by atoms with van der Waals surface area (Å²) in [4.78, 5) is 24.1. The van der Waals surface area contributed by atoms with E-state index in [4.69, 9.17) is 14.2 Å². The van der Waals surface area contributed by atoms with Crippen molar-refractivity contribution in [2.45, 2.75) is 71.0 Å². The van der Waals surface area contributed by atoms with Crippen molar-refractivity contribution in [2.24, 2.45) is 11.8 Å². The SMILES string of the molecule is COC(=O)[C@@H](C[C@H]1CCc2cc(CC(=O)OC(C)(C)C)ccc2O1)C1CC1. The molecule has 27 heavy (non-hydrogen) atoms. The lowest BCUT2D eigenvalue weighted by Crippen LogP contribution is -2.30. The van der Waals surface area contributed by atoms with Crippen molar-refractivity contribution >= 4 is 11.9 Å². The maximum absolute atomic E-state index is 12.0. The van der Waals surface area contributed by atoms with Crippen LogP contribution in [0.15, 0.2) is 18.2 Å². The Hall–Kier alpha value is -2.04. The molecule has 0 saturated heterocycles. The van der Waals surface area contributed by atoms with Crippen LogP contribution in [0, 0.1) is 11.8 Å². The Morgan fingerprint density at radius 2 is 1.96 bits per heavy atom. The van der Waals surface area contributed by atoms with E-state index in [9.17, 15) is 9.59 Å². The molecule has 1 aliphatic carbocycles. The van der Waals surface area contributed by atoms with Gasteiger partial charge in [0.1, 0.15) is 11.4 Å². The summed E-state index contributed by atoms with van der Waals surface area (Å²) in [6.45, 7) is 5.61. The summed E-state index contributed by atoms with van der Waals surface area (Å²) >= 11 is 0. The lowest BCUT2D eigenvalue weighted by molar-refractivity contribution is -0.154. The van der Waals surface area contributed by atoms with Gasteiger partial charge in [-0.25, -0.2) is 0 Å². The van der Waals surface area contributed by atoms with Gasteiger partial charge in [0.05, 0.1) is 25.6 Å². The Morgan fingerprint density at radius 1 is 1.22 bits per heavy atom. The molecule has 0 unspecified atom stereocenters. The molecule has 0 N–H and O–H groups in total. The quantitative estimate of drug-likeness (QED) is 0.708. The maximum atomic E-state index is 12.0. The fraction of sp³-hybridized carbons (Fsp3) is 0.636. The molecule has 2 aliphatic rings. The lowest BCUT2D eigenvalue weighted by Gasteiger charge is -2.29. The predicted molar refractivity (Wildman–Crippen MR) is 102 cm³/mol. The van der Waals surface area contributed by atoms with Crippen LogP contribution in [0.3, 0.4) is 0 Å². The normalized spacial score (nSPS) is 20.2. The standard InChI is InChI=1S/C22H30O5/c1-22(2,3)27-20(23)12-14-5-10-19-16(11-14)8-9-17(26-19)13-18(15-6-7-15)21(24)25-4/h5,10-11,15,17-18H,6-9,12-13H2,1-4H3/t17-,18+/m1/s1. The van der Waals surface area contributed by atoms with Crippen molar-refractivity contribution in [3.8, 4) is 5.75 Å². The molecule has 5 nitrogen and oxygen atoms in total. The van der Waals surface area contributed by atoms with E-state index in [-0.39, 0.29) is 30.4 Å². The highest BCUT2D eigenvalue weighted by Crippen LogP contribution is 2.41. The van der Waals surface area contributed by atoms with Crippen molar-refractivity contribution in [1.29, 1.82) is 0 Å². The minimum atomic E-state index is -0.473. The van der Waals surface area contributed by atoms with Gasteiger partial charge < -0.3 is 14.2 Å². The molecule has 0 aromatic heterocycles. The van der Waals surface area contributed by atoms with Crippen LogP contribution in [0.2, 0.25) is 0 Å². The molecule has 0 amide bonds. The Labute approximate surface area is 161 Å². The van der Waals surface area contributed by atoms with Crippen molar-refractivity contribution < 1.29 is 23.8 Å². The van der Waals surface area contributed by atoms with Crippen LogP contribution in [0.4, 0.5) is 0 Å². The molecule has 1 fully saturated rings. The van der Waals surface area contributed by atoms with Gasteiger partial charge in [0, 0.05) is 0 Å². The van der Waals surface area contributed by atoms with Gasteiger partial charge in [0.2, 0.25) is 0 Å². The third kappa shape index (κ3) is 5.47. The fourth-order valence-electron chi connectivity index (χ4n) is 3.73. The van der Waals surface area contributed by atoms with Gasteiger partial charge in [-0.1, -0.05) is 12.1 Å². The predicted octanol–water partition coefficient (Wildman–Crippen LogP) is 3.85. The Bertz CT molecular complexity index is 699. The molecular weight excluding hydrogens is 344 g/mol. The van der Waals surface area contributed by atoms with E-state index in [1.54, 1.807) is 0 Å². The number of ether oxygens (including phenoxy) is 3.